The molecule has 0 saturated heterocycles. The van der Waals surface area contributed by atoms with Crippen LogP contribution in [0, 0.1) is 0 Å². The summed E-state index contributed by atoms with van der Waals surface area (Å²) in [5.41, 5.74) is 6.78. The summed E-state index contributed by atoms with van der Waals surface area (Å²) in [6.07, 6.45) is 5.18. The van der Waals surface area contributed by atoms with Gasteiger partial charge in [-0.3, -0.25) is 4.79 Å². The van der Waals surface area contributed by atoms with Gasteiger partial charge < -0.3 is 19.8 Å². The third kappa shape index (κ3) is 3.90. The number of carbonyl (C=O) groups is 1. The van der Waals surface area contributed by atoms with Gasteiger partial charge in [0.15, 0.2) is 0 Å². The number of nitrogens with one attached hydrogen (secondary N) is 2. The zero-order valence-corrected chi connectivity index (χ0v) is 19.3. The van der Waals surface area contributed by atoms with Crippen LogP contribution >= 0.6 is 11.6 Å². The predicted octanol–water partition coefficient (Wildman–Crippen LogP) is 4.56. The van der Waals surface area contributed by atoms with Gasteiger partial charge >= 0.3 is 12.6 Å². The molecule has 3 aromatic rings. The van der Waals surface area contributed by atoms with Crippen LogP contribution in [0.25, 0.3) is 11.3 Å². The molecule has 5 rings (SSSR count). The molecular formula is C23H22ClF2N5O3. The summed E-state index contributed by atoms with van der Waals surface area (Å²) < 4.78 is 34.8. The summed E-state index contributed by atoms with van der Waals surface area (Å²) in [5, 5.41) is 2.93. The highest BCUT2D eigenvalue weighted by atomic mass is 35.5. The number of hydrogen-bond donors (Lipinski definition) is 2. The SMILES string of the molecule is CCc1c(Oc2ncc(COC(F)F)c(Cl)n2)ncc2c1-c1[nH]c3c(c1CC2)C(=O)NC[C@@H]3C. The van der Waals surface area contributed by atoms with Gasteiger partial charge in [-0.15, -0.1) is 0 Å². The van der Waals surface area contributed by atoms with E-state index in [1.807, 2.05) is 6.92 Å². The van der Waals surface area contributed by atoms with Crippen LogP contribution in [-0.2, 0) is 30.6 Å². The van der Waals surface area contributed by atoms with Crippen LogP contribution in [0.5, 0.6) is 11.9 Å². The number of aromatic amines is 1. The number of halogens is 3. The molecule has 0 saturated carbocycles. The molecule has 0 aromatic carbocycles. The third-order valence-electron chi connectivity index (χ3n) is 6.23. The topological polar surface area (TPSA) is 102 Å². The lowest BCUT2D eigenvalue weighted by molar-refractivity contribution is -0.137. The Labute approximate surface area is 199 Å². The van der Waals surface area contributed by atoms with Gasteiger partial charge in [-0.25, -0.2) is 9.97 Å². The van der Waals surface area contributed by atoms with Crippen molar-refractivity contribution in [2.24, 2.45) is 0 Å². The maximum Gasteiger partial charge on any atom is 0.345 e. The maximum absolute atomic E-state index is 12.6. The Kier molecular flexibility index (Phi) is 5.95. The monoisotopic (exact) mass is 489 g/mol. The first-order chi connectivity index (χ1) is 16.4. The number of pyridine rings is 1. The van der Waals surface area contributed by atoms with Gasteiger partial charge in [0, 0.05) is 47.2 Å². The van der Waals surface area contributed by atoms with Crippen molar-refractivity contribution in [1.82, 2.24) is 25.3 Å². The summed E-state index contributed by atoms with van der Waals surface area (Å²) in [6.45, 7) is 1.34. The summed E-state index contributed by atoms with van der Waals surface area (Å²) in [4.78, 5) is 28.8. The number of ether oxygens (including phenoxy) is 2. The quantitative estimate of drug-likeness (QED) is 0.492. The standard InChI is InChI=1S/C23H22ClF2N5O3/c1-3-13-15-11(4-5-14-16-17(30-18(14)15)10(2)6-27-20(16)32)7-28-21(13)34-23-29-8-12(19(24)31-23)9-33-22(25)26/h7-8,10,22,30H,3-6,9H2,1-2H3,(H,27,32)/t10-/m0/s1. The highest BCUT2D eigenvalue weighted by Gasteiger charge is 2.34. The first-order valence-electron chi connectivity index (χ1n) is 11.0. The molecule has 4 heterocycles. The predicted molar refractivity (Wildman–Crippen MR) is 119 cm³/mol. The summed E-state index contributed by atoms with van der Waals surface area (Å²) >= 11 is 6.10. The lowest BCUT2D eigenvalue weighted by atomic mass is 9.85. The number of aryl methyl sites for hydroxylation is 1. The Balaban J connectivity index is 1.52. The molecule has 1 aliphatic heterocycles. The number of alkyl halides is 2. The van der Waals surface area contributed by atoms with Crippen LogP contribution in [0.3, 0.4) is 0 Å². The number of nitrogens with zero attached hydrogens (tertiary/aromatic N) is 3. The molecule has 3 aromatic heterocycles. The highest BCUT2D eigenvalue weighted by Crippen LogP contribution is 2.43. The average Bonchev–Trinajstić information content (AvgIpc) is 3.22. The number of carbonyl (C=O) groups excluding carboxylic acids is 1. The minimum atomic E-state index is -2.92. The minimum absolute atomic E-state index is 0.0408. The summed E-state index contributed by atoms with van der Waals surface area (Å²) in [5.74, 6) is 0.468. The molecule has 1 aliphatic carbocycles. The van der Waals surface area contributed by atoms with Crippen molar-refractivity contribution >= 4 is 17.5 Å². The number of aromatic nitrogens is 4. The molecule has 1 amide bonds. The fourth-order valence-corrected chi connectivity index (χ4v) is 4.78. The minimum Gasteiger partial charge on any atom is -0.405 e. The number of H-pyrrole nitrogens is 1. The zero-order chi connectivity index (χ0) is 24.0. The molecule has 2 aliphatic rings. The second kappa shape index (κ2) is 8.92. The van der Waals surface area contributed by atoms with Crippen LogP contribution < -0.4 is 10.1 Å². The Morgan fingerprint density at radius 3 is 2.79 bits per heavy atom. The number of amides is 1. The Hall–Kier alpha value is -3.11. The second-order valence-electron chi connectivity index (χ2n) is 8.32. The molecule has 0 bridgehead atoms. The molecule has 34 heavy (non-hydrogen) atoms. The van der Waals surface area contributed by atoms with Crippen molar-refractivity contribution in [3.63, 3.8) is 0 Å². The molecule has 11 heteroatoms. The average molecular weight is 490 g/mol. The summed E-state index contributed by atoms with van der Waals surface area (Å²) in [6, 6.07) is -0.0530. The highest BCUT2D eigenvalue weighted by molar-refractivity contribution is 6.30. The van der Waals surface area contributed by atoms with Gasteiger partial charge in [-0.05, 0) is 30.4 Å². The molecule has 178 valence electrons. The van der Waals surface area contributed by atoms with E-state index in [2.05, 4.69) is 36.9 Å². The molecule has 8 nitrogen and oxygen atoms in total. The molecule has 1 atom stereocenters. The van der Waals surface area contributed by atoms with Crippen LogP contribution in [0.4, 0.5) is 8.78 Å². The maximum atomic E-state index is 12.6. The van der Waals surface area contributed by atoms with Crippen LogP contribution in [0.1, 0.15) is 58.1 Å². The molecule has 0 spiro atoms. The Bertz CT molecular complexity index is 1280. The van der Waals surface area contributed by atoms with Gasteiger partial charge in [0.05, 0.1) is 17.9 Å². The first-order valence-corrected chi connectivity index (χ1v) is 11.4. The molecular weight excluding hydrogens is 468 g/mol. The third-order valence-corrected chi connectivity index (χ3v) is 6.56. The molecule has 0 fully saturated rings. The van der Waals surface area contributed by atoms with Gasteiger partial charge in [0.2, 0.25) is 5.88 Å². The van der Waals surface area contributed by atoms with Gasteiger partial charge in [-0.2, -0.15) is 13.8 Å². The molecule has 0 unspecified atom stereocenters. The normalized spacial score (nSPS) is 16.6. The fraction of sp³-hybridized carbons (Fsp3) is 0.391. The summed E-state index contributed by atoms with van der Waals surface area (Å²) in [7, 11) is 0. The van der Waals surface area contributed by atoms with Crippen molar-refractivity contribution in [3.05, 3.63) is 51.1 Å². The van der Waals surface area contributed by atoms with Crippen molar-refractivity contribution in [2.45, 2.75) is 52.2 Å². The largest absolute Gasteiger partial charge is 0.405 e. The van der Waals surface area contributed by atoms with E-state index in [1.54, 1.807) is 6.20 Å². The van der Waals surface area contributed by atoms with Crippen LogP contribution in [-0.4, -0.2) is 39.0 Å². The van der Waals surface area contributed by atoms with E-state index in [9.17, 15) is 13.6 Å². The zero-order valence-electron chi connectivity index (χ0n) is 18.5. The van der Waals surface area contributed by atoms with Gasteiger partial charge in [0.1, 0.15) is 5.15 Å². The van der Waals surface area contributed by atoms with Crippen LogP contribution in [0.15, 0.2) is 12.4 Å². The fourth-order valence-electron chi connectivity index (χ4n) is 4.60. The van der Waals surface area contributed by atoms with E-state index in [0.29, 0.717) is 18.8 Å². The number of hydrogen-bond acceptors (Lipinski definition) is 6. The number of fused-ring (bicyclic) bond motifs is 5. The Morgan fingerprint density at radius 2 is 2.06 bits per heavy atom. The Morgan fingerprint density at radius 1 is 1.24 bits per heavy atom. The van der Waals surface area contributed by atoms with Crippen molar-refractivity contribution in [3.8, 4) is 23.1 Å². The second-order valence-corrected chi connectivity index (χ2v) is 8.67. The first kappa shape index (κ1) is 22.7. The van der Waals surface area contributed by atoms with E-state index in [1.165, 1.54) is 6.20 Å². The van der Waals surface area contributed by atoms with Gasteiger partial charge in [-0.1, -0.05) is 25.4 Å². The smallest absolute Gasteiger partial charge is 0.345 e. The van der Waals surface area contributed by atoms with E-state index < -0.39 is 13.2 Å². The van der Waals surface area contributed by atoms with Crippen LogP contribution in [0.2, 0.25) is 5.15 Å². The van der Waals surface area contributed by atoms with E-state index in [-0.39, 0.29) is 28.6 Å². The van der Waals surface area contributed by atoms with Crippen molar-refractivity contribution in [1.29, 1.82) is 0 Å². The van der Waals surface area contributed by atoms with Crippen molar-refractivity contribution < 1.29 is 23.0 Å². The lowest BCUT2D eigenvalue weighted by Gasteiger charge is -2.22. The number of rotatable bonds is 6. The van der Waals surface area contributed by atoms with Gasteiger partial charge in [0.25, 0.3) is 5.91 Å². The lowest BCUT2D eigenvalue weighted by Crippen LogP contribution is -2.34. The van der Waals surface area contributed by atoms with Crippen molar-refractivity contribution in [2.75, 3.05) is 6.54 Å². The molecule has 2 N–H and O–H groups in total. The van der Waals surface area contributed by atoms with E-state index in [4.69, 9.17) is 16.3 Å². The molecule has 0 radical (unpaired) electrons. The van der Waals surface area contributed by atoms with E-state index in [0.717, 1.165) is 52.0 Å². The van der Waals surface area contributed by atoms with E-state index >= 15 is 0 Å².